The number of carbonyl (C=O) groups is 1. The summed E-state index contributed by atoms with van der Waals surface area (Å²) in [7, 11) is 1.77. The lowest BCUT2D eigenvalue weighted by Gasteiger charge is -2.17. The highest BCUT2D eigenvalue weighted by Gasteiger charge is 2.30. The second-order valence-electron chi connectivity index (χ2n) is 7.27. The Labute approximate surface area is 188 Å². The van der Waals surface area contributed by atoms with Gasteiger partial charge in [-0.25, -0.2) is 0 Å². The van der Waals surface area contributed by atoms with Crippen molar-refractivity contribution in [2.45, 2.75) is 38.2 Å². The molecule has 0 aliphatic carbocycles. The van der Waals surface area contributed by atoms with Gasteiger partial charge in [-0.15, -0.1) is 10.2 Å². The predicted molar refractivity (Wildman–Crippen MR) is 117 cm³/mol. The van der Waals surface area contributed by atoms with Gasteiger partial charge in [-0.05, 0) is 56.2 Å². The fourth-order valence-electron chi connectivity index (χ4n) is 3.00. The zero-order chi connectivity index (χ0) is 23.5. The lowest BCUT2D eigenvalue weighted by molar-refractivity contribution is -0.137. The number of hydrogen-bond acceptors (Lipinski definition) is 5. The molecule has 0 saturated heterocycles. The van der Waals surface area contributed by atoms with Crippen molar-refractivity contribution >= 4 is 23.4 Å². The molecule has 0 fully saturated rings. The van der Waals surface area contributed by atoms with Crippen LogP contribution in [-0.4, -0.2) is 26.4 Å². The van der Waals surface area contributed by atoms with Crippen molar-refractivity contribution in [2.75, 3.05) is 11.1 Å². The van der Waals surface area contributed by atoms with Crippen molar-refractivity contribution < 1.29 is 22.7 Å². The van der Waals surface area contributed by atoms with E-state index >= 15 is 0 Å². The van der Waals surface area contributed by atoms with Gasteiger partial charge in [0, 0.05) is 12.7 Å². The van der Waals surface area contributed by atoms with Crippen LogP contribution in [0.2, 0.25) is 0 Å². The summed E-state index contributed by atoms with van der Waals surface area (Å²) >= 11 is 1.13. The number of nitrogens with zero attached hydrogens (tertiary/aromatic N) is 3. The number of aryl methyl sites for hydroxylation is 1. The Morgan fingerprint density at radius 3 is 2.62 bits per heavy atom. The predicted octanol–water partition coefficient (Wildman–Crippen LogP) is 5.32. The van der Waals surface area contributed by atoms with Crippen LogP contribution in [0, 0.1) is 13.8 Å². The van der Waals surface area contributed by atoms with E-state index in [4.69, 9.17) is 4.74 Å². The number of anilines is 1. The fourth-order valence-corrected chi connectivity index (χ4v) is 3.72. The lowest BCUT2D eigenvalue weighted by Crippen LogP contribution is -2.15. The van der Waals surface area contributed by atoms with Gasteiger partial charge in [-0.3, -0.25) is 4.79 Å². The molecule has 0 radical (unpaired) electrons. The Kier molecular flexibility index (Phi) is 7.12. The van der Waals surface area contributed by atoms with E-state index in [1.807, 2.05) is 39.0 Å². The van der Waals surface area contributed by atoms with Crippen LogP contribution in [0.5, 0.6) is 5.75 Å². The number of benzene rings is 2. The number of ether oxygens (including phenoxy) is 1. The molecule has 6 nitrogen and oxygen atoms in total. The van der Waals surface area contributed by atoms with Crippen LogP contribution in [0.4, 0.5) is 18.9 Å². The Morgan fingerprint density at radius 1 is 1.19 bits per heavy atom. The quantitative estimate of drug-likeness (QED) is 0.479. The number of thioether (sulfide) groups is 1. The highest BCUT2D eigenvalue weighted by Crippen LogP contribution is 2.31. The highest BCUT2D eigenvalue weighted by atomic mass is 32.2. The lowest BCUT2D eigenvalue weighted by atomic mass is 10.1. The van der Waals surface area contributed by atoms with Crippen LogP contribution in [0.3, 0.4) is 0 Å². The molecule has 0 saturated carbocycles. The van der Waals surface area contributed by atoms with Crippen molar-refractivity contribution in [3.8, 4) is 5.75 Å². The number of aromatic nitrogens is 3. The minimum Gasteiger partial charge on any atom is -0.482 e. The van der Waals surface area contributed by atoms with E-state index in [-0.39, 0.29) is 17.5 Å². The third-order valence-electron chi connectivity index (χ3n) is 4.90. The Hall–Kier alpha value is -3.01. The molecule has 1 amide bonds. The second-order valence-corrected chi connectivity index (χ2v) is 8.22. The van der Waals surface area contributed by atoms with E-state index in [9.17, 15) is 18.0 Å². The summed E-state index contributed by atoms with van der Waals surface area (Å²) in [4.78, 5) is 12.2. The molecular formula is C22H23F3N4O2S. The van der Waals surface area contributed by atoms with Crippen LogP contribution < -0.4 is 10.1 Å². The maximum absolute atomic E-state index is 12.8. The molecule has 1 unspecified atom stereocenters. The van der Waals surface area contributed by atoms with Crippen LogP contribution >= 0.6 is 11.8 Å². The molecule has 1 atom stereocenters. The maximum Gasteiger partial charge on any atom is 0.416 e. The van der Waals surface area contributed by atoms with Crippen molar-refractivity contribution in [1.29, 1.82) is 0 Å². The van der Waals surface area contributed by atoms with Gasteiger partial charge in [0.05, 0.1) is 11.3 Å². The molecule has 0 aliphatic heterocycles. The second kappa shape index (κ2) is 9.64. The first-order valence-electron chi connectivity index (χ1n) is 9.78. The molecular weight excluding hydrogens is 441 g/mol. The SMILES string of the molecule is Cc1cccc(OC(C)c2nnc(SCC(=O)Nc3cccc(C(F)(F)F)c3)n2C)c1C. The zero-order valence-corrected chi connectivity index (χ0v) is 18.8. The van der Waals surface area contributed by atoms with Crippen molar-refractivity contribution in [2.24, 2.45) is 7.05 Å². The monoisotopic (exact) mass is 464 g/mol. The Morgan fingerprint density at radius 2 is 1.91 bits per heavy atom. The normalized spacial score (nSPS) is 12.5. The molecule has 32 heavy (non-hydrogen) atoms. The first-order chi connectivity index (χ1) is 15.1. The molecule has 170 valence electrons. The van der Waals surface area contributed by atoms with Gasteiger partial charge < -0.3 is 14.6 Å². The topological polar surface area (TPSA) is 69.0 Å². The van der Waals surface area contributed by atoms with Crippen molar-refractivity contribution in [3.63, 3.8) is 0 Å². The molecule has 0 bridgehead atoms. The molecule has 1 heterocycles. The summed E-state index contributed by atoms with van der Waals surface area (Å²) in [6, 6.07) is 10.3. The van der Waals surface area contributed by atoms with Gasteiger partial charge >= 0.3 is 6.18 Å². The summed E-state index contributed by atoms with van der Waals surface area (Å²) in [5, 5.41) is 11.3. The van der Waals surface area contributed by atoms with Crippen LogP contribution in [-0.2, 0) is 18.0 Å². The number of rotatable bonds is 7. The van der Waals surface area contributed by atoms with Gasteiger partial charge in [0.2, 0.25) is 5.91 Å². The van der Waals surface area contributed by atoms with Crippen LogP contribution in [0.25, 0.3) is 0 Å². The van der Waals surface area contributed by atoms with Gasteiger partial charge in [-0.2, -0.15) is 13.2 Å². The number of nitrogens with one attached hydrogen (secondary N) is 1. The number of carbonyl (C=O) groups excluding carboxylic acids is 1. The third-order valence-corrected chi connectivity index (χ3v) is 5.92. The smallest absolute Gasteiger partial charge is 0.416 e. The molecule has 10 heteroatoms. The minimum atomic E-state index is -4.47. The standard InChI is InChI=1S/C22H23F3N4O2S/c1-13-7-5-10-18(14(13)2)31-15(3)20-27-28-21(29(20)4)32-12-19(30)26-17-9-6-8-16(11-17)22(23,24)25/h5-11,15H,12H2,1-4H3,(H,26,30). The largest absolute Gasteiger partial charge is 0.482 e. The average molecular weight is 465 g/mol. The summed E-state index contributed by atoms with van der Waals surface area (Å²) in [6.45, 7) is 5.85. The van der Waals surface area contributed by atoms with Gasteiger partial charge in [0.25, 0.3) is 0 Å². The van der Waals surface area contributed by atoms with E-state index in [1.54, 1.807) is 11.6 Å². The molecule has 2 aromatic carbocycles. The van der Waals surface area contributed by atoms with Crippen LogP contribution in [0.15, 0.2) is 47.6 Å². The first kappa shape index (κ1) is 23.6. The highest BCUT2D eigenvalue weighted by molar-refractivity contribution is 7.99. The van der Waals surface area contributed by atoms with Gasteiger partial charge in [-0.1, -0.05) is 30.0 Å². The summed E-state index contributed by atoms with van der Waals surface area (Å²) in [6.07, 6.45) is -4.85. The first-order valence-corrected chi connectivity index (χ1v) is 10.8. The van der Waals surface area contributed by atoms with Crippen molar-refractivity contribution in [3.05, 3.63) is 65.0 Å². The molecule has 1 aromatic heterocycles. The van der Waals surface area contributed by atoms with E-state index < -0.39 is 17.6 Å². The molecule has 3 rings (SSSR count). The number of amides is 1. The summed E-state index contributed by atoms with van der Waals surface area (Å²) < 4.78 is 46.2. The van der Waals surface area contributed by atoms with Gasteiger partial charge in [0.1, 0.15) is 5.75 Å². The molecule has 0 spiro atoms. The van der Waals surface area contributed by atoms with E-state index in [0.717, 1.165) is 40.8 Å². The van der Waals surface area contributed by atoms with Crippen molar-refractivity contribution in [1.82, 2.24) is 14.8 Å². The summed E-state index contributed by atoms with van der Waals surface area (Å²) in [5.74, 6) is 0.870. The average Bonchev–Trinajstić information content (AvgIpc) is 3.10. The minimum absolute atomic E-state index is 0.0333. The van der Waals surface area contributed by atoms with Crippen LogP contribution in [0.1, 0.15) is 35.5 Å². The van der Waals surface area contributed by atoms with E-state index in [1.165, 1.54) is 12.1 Å². The molecule has 1 N–H and O–H groups in total. The Balaban J connectivity index is 1.61. The number of alkyl halides is 3. The molecule has 3 aromatic rings. The Bertz CT molecular complexity index is 1110. The number of hydrogen-bond donors (Lipinski definition) is 1. The summed E-state index contributed by atoms with van der Waals surface area (Å²) in [5.41, 5.74) is 1.43. The number of halogens is 3. The zero-order valence-electron chi connectivity index (χ0n) is 18.0. The van der Waals surface area contributed by atoms with E-state index in [0.29, 0.717) is 11.0 Å². The maximum atomic E-state index is 12.8. The third kappa shape index (κ3) is 5.61. The molecule has 0 aliphatic rings. The van der Waals surface area contributed by atoms with Gasteiger partial charge in [0.15, 0.2) is 17.1 Å². The fraction of sp³-hybridized carbons (Fsp3) is 0.318. The van der Waals surface area contributed by atoms with E-state index in [2.05, 4.69) is 15.5 Å².